The van der Waals surface area contributed by atoms with Crippen molar-refractivity contribution >= 4 is 11.3 Å². The van der Waals surface area contributed by atoms with Crippen LogP contribution in [0.1, 0.15) is 0 Å². The van der Waals surface area contributed by atoms with Gasteiger partial charge in [-0.1, -0.05) is 17.3 Å². The van der Waals surface area contributed by atoms with Crippen LogP contribution in [0.25, 0.3) is 22.2 Å². The van der Waals surface area contributed by atoms with Crippen LogP contribution in [0.4, 0.5) is 0 Å². The normalized spacial score (nSPS) is 10.6. The Morgan fingerprint density at radius 2 is 2.21 bits per heavy atom. The van der Waals surface area contributed by atoms with Gasteiger partial charge in [-0.25, -0.2) is 0 Å². The van der Waals surface area contributed by atoms with Crippen LogP contribution in [0.3, 0.4) is 0 Å². The number of ether oxygens (including phenoxy) is 1. The molecule has 0 atom stereocenters. The first-order valence-corrected chi connectivity index (χ1v) is 6.40. The molecule has 0 bridgehead atoms. The van der Waals surface area contributed by atoms with E-state index in [-0.39, 0.29) is 5.75 Å². The summed E-state index contributed by atoms with van der Waals surface area (Å²) in [7, 11) is 1.61. The second-order valence-electron chi connectivity index (χ2n) is 3.82. The average Bonchev–Trinajstić information content (AvgIpc) is 3.07. The van der Waals surface area contributed by atoms with Crippen molar-refractivity contribution in [2.75, 3.05) is 7.11 Å². The van der Waals surface area contributed by atoms with Crippen molar-refractivity contribution in [1.29, 1.82) is 0 Å². The summed E-state index contributed by atoms with van der Waals surface area (Å²) < 4.78 is 10.3. The molecule has 0 radical (unpaired) electrons. The molecule has 3 aromatic rings. The molecule has 0 amide bonds. The molecule has 1 N–H and O–H groups in total. The molecule has 0 saturated heterocycles. The Kier molecular flexibility index (Phi) is 2.92. The molecular weight excluding hydrogens is 264 g/mol. The summed E-state index contributed by atoms with van der Waals surface area (Å²) >= 11 is 1.47. The third-order valence-electron chi connectivity index (χ3n) is 2.55. The predicted molar refractivity (Wildman–Crippen MR) is 71.3 cm³/mol. The van der Waals surface area contributed by atoms with E-state index in [4.69, 9.17) is 9.26 Å². The van der Waals surface area contributed by atoms with Crippen molar-refractivity contribution in [2.45, 2.75) is 0 Å². The van der Waals surface area contributed by atoms with Crippen LogP contribution in [0.2, 0.25) is 0 Å². The van der Waals surface area contributed by atoms with E-state index in [9.17, 15) is 5.11 Å². The summed E-state index contributed by atoms with van der Waals surface area (Å²) in [4.78, 5) is 5.15. The first kappa shape index (κ1) is 11.7. The second kappa shape index (κ2) is 4.74. The van der Waals surface area contributed by atoms with E-state index >= 15 is 0 Å². The van der Waals surface area contributed by atoms with Gasteiger partial charge in [0.1, 0.15) is 11.5 Å². The lowest BCUT2D eigenvalue weighted by Crippen LogP contribution is -1.80. The summed E-state index contributed by atoms with van der Waals surface area (Å²) in [5.41, 5.74) is 0.707. The summed E-state index contributed by atoms with van der Waals surface area (Å²) in [6, 6.07) is 8.56. The molecule has 3 rings (SSSR count). The molecule has 6 heteroatoms. The quantitative estimate of drug-likeness (QED) is 0.794. The van der Waals surface area contributed by atoms with Crippen LogP contribution in [0, 0.1) is 0 Å². The van der Waals surface area contributed by atoms with Gasteiger partial charge in [-0.15, -0.1) is 11.3 Å². The van der Waals surface area contributed by atoms with Gasteiger partial charge >= 0.3 is 0 Å². The van der Waals surface area contributed by atoms with Gasteiger partial charge in [-0.3, -0.25) is 0 Å². The number of nitrogens with zero attached hydrogens (tertiary/aromatic N) is 2. The van der Waals surface area contributed by atoms with Crippen LogP contribution in [0.15, 0.2) is 40.2 Å². The maximum Gasteiger partial charge on any atom is 0.268 e. The maximum atomic E-state index is 9.43. The largest absolute Gasteiger partial charge is 0.508 e. The lowest BCUT2D eigenvalue weighted by Gasteiger charge is -1.94. The third kappa shape index (κ3) is 2.30. The van der Waals surface area contributed by atoms with Crippen molar-refractivity contribution in [3.05, 3.63) is 35.7 Å². The Balaban J connectivity index is 1.95. The molecule has 2 aromatic heterocycles. The first-order valence-electron chi connectivity index (χ1n) is 5.52. The fraction of sp³-hybridized carbons (Fsp3) is 0.0769. The van der Waals surface area contributed by atoms with Gasteiger partial charge in [0.25, 0.3) is 5.89 Å². The number of thiophene rings is 1. The molecule has 0 fully saturated rings. The number of rotatable bonds is 3. The van der Waals surface area contributed by atoms with Crippen molar-refractivity contribution in [2.24, 2.45) is 0 Å². The fourth-order valence-corrected chi connectivity index (χ4v) is 2.40. The number of aromatic hydroxyl groups is 1. The Bertz CT molecular complexity index is 705. The molecule has 0 aliphatic heterocycles. The van der Waals surface area contributed by atoms with E-state index in [0.717, 1.165) is 10.6 Å². The Morgan fingerprint density at radius 3 is 2.95 bits per heavy atom. The summed E-state index contributed by atoms with van der Waals surface area (Å²) in [6.07, 6.45) is 0. The SMILES string of the molecule is COc1csc(-c2nc(-c3cccc(O)c3)no2)c1. The lowest BCUT2D eigenvalue weighted by atomic mass is 10.2. The van der Waals surface area contributed by atoms with Gasteiger partial charge in [0.15, 0.2) is 0 Å². The van der Waals surface area contributed by atoms with E-state index in [1.807, 2.05) is 17.5 Å². The zero-order valence-corrected chi connectivity index (χ0v) is 10.8. The molecule has 0 aliphatic rings. The zero-order valence-electron chi connectivity index (χ0n) is 10.0. The van der Waals surface area contributed by atoms with E-state index in [1.165, 1.54) is 11.3 Å². The Hall–Kier alpha value is -2.34. The number of phenols is 1. The van der Waals surface area contributed by atoms with E-state index < -0.39 is 0 Å². The topological polar surface area (TPSA) is 68.4 Å². The molecule has 1 aromatic carbocycles. The van der Waals surface area contributed by atoms with E-state index in [0.29, 0.717) is 17.3 Å². The molecule has 5 nitrogen and oxygen atoms in total. The number of hydrogen-bond donors (Lipinski definition) is 1. The highest BCUT2D eigenvalue weighted by molar-refractivity contribution is 7.13. The molecule has 0 aliphatic carbocycles. The number of phenolic OH excluding ortho intramolecular Hbond substituents is 1. The summed E-state index contributed by atoms with van der Waals surface area (Å²) in [6.45, 7) is 0. The number of methoxy groups -OCH3 is 1. The van der Waals surface area contributed by atoms with Crippen LogP contribution in [0.5, 0.6) is 11.5 Å². The molecule has 0 unspecified atom stereocenters. The van der Waals surface area contributed by atoms with E-state index in [1.54, 1.807) is 25.3 Å². The van der Waals surface area contributed by atoms with Gasteiger partial charge in [0.2, 0.25) is 5.82 Å². The number of aromatic nitrogens is 2. The van der Waals surface area contributed by atoms with Crippen LogP contribution >= 0.6 is 11.3 Å². The minimum Gasteiger partial charge on any atom is -0.508 e. The Labute approximate surface area is 113 Å². The number of hydrogen-bond acceptors (Lipinski definition) is 6. The van der Waals surface area contributed by atoms with Crippen LogP contribution < -0.4 is 4.74 Å². The molecule has 96 valence electrons. The van der Waals surface area contributed by atoms with Crippen LogP contribution in [-0.2, 0) is 0 Å². The summed E-state index contributed by atoms with van der Waals surface area (Å²) in [5.74, 6) is 1.81. The standard InChI is InChI=1S/C13H10N2O3S/c1-17-10-6-11(19-7-10)13-14-12(15-18-13)8-3-2-4-9(16)5-8/h2-7,16H,1H3. The van der Waals surface area contributed by atoms with Crippen LogP contribution in [-0.4, -0.2) is 22.4 Å². The summed E-state index contributed by atoms with van der Waals surface area (Å²) in [5, 5.41) is 15.2. The van der Waals surface area contributed by atoms with Gasteiger partial charge < -0.3 is 14.4 Å². The predicted octanol–water partition coefficient (Wildman–Crippen LogP) is 3.18. The van der Waals surface area contributed by atoms with Gasteiger partial charge in [0, 0.05) is 17.0 Å². The smallest absolute Gasteiger partial charge is 0.268 e. The van der Waals surface area contributed by atoms with E-state index in [2.05, 4.69) is 10.1 Å². The third-order valence-corrected chi connectivity index (χ3v) is 3.45. The van der Waals surface area contributed by atoms with Gasteiger partial charge in [-0.2, -0.15) is 4.98 Å². The highest BCUT2D eigenvalue weighted by Crippen LogP contribution is 2.31. The minimum absolute atomic E-state index is 0.168. The van der Waals surface area contributed by atoms with Crippen molar-refractivity contribution < 1.29 is 14.4 Å². The monoisotopic (exact) mass is 274 g/mol. The average molecular weight is 274 g/mol. The maximum absolute atomic E-state index is 9.43. The molecular formula is C13H10N2O3S. The molecule has 2 heterocycles. The molecule has 0 saturated carbocycles. The Morgan fingerprint density at radius 1 is 1.32 bits per heavy atom. The minimum atomic E-state index is 0.168. The first-order chi connectivity index (χ1) is 9.26. The van der Waals surface area contributed by atoms with Crippen molar-refractivity contribution in [3.8, 4) is 33.7 Å². The van der Waals surface area contributed by atoms with Crippen molar-refractivity contribution in [1.82, 2.24) is 10.1 Å². The highest BCUT2D eigenvalue weighted by atomic mass is 32.1. The second-order valence-corrected chi connectivity index (χ2v) is 4.74. The lowest BCUT2D eigenvalue weighted by molar-refractivity contribution is 0.415. The molecule has 0 spiro atoms. The van der Waals surface area contributed by atoms with Gasteiger partial charge in [-0.05, 0) is 12.1 Å². The number of benzene rings is 1. The molecule has 19 heavy (non-hydrogen) atoms. The fourth-order valence-electron chi connectivity index (χ4n) is 1.62. The highest BCUT2D eigenvalue weighted by Gasteiger charge is 2.13. The van der Waals surface area contributed by atoms with Crippen molar-refractivity contribution in [3.63, 3.8) is 0 Å². The van der Waals surface area contributed by atoms with Gasteiger partial charge in [0.05, 0.1) is 12.0 Å². The zero-order chi connectivity index (χ0) is 13.2.